The Hall–Kier alpha value is -3.33. The molecule has 24 heavy (non-hydrogen) atoms. The van der Waals surface area contributed by atoms with Gasteiger partial charge in [-0.2, -0.15) is 0 Å². The summed E-state index contributed by atoms with van der Waals surface area (Å²) in [4.78, 5) is 26.2. The van der Waals surface area contributed by atoms with E-state index in [0.717, 1.165) is 5.56 Å². The van der Waals surface area contributed by atoms with Crippen LogP contribution in [0.4, 0.5) is 4.79 Å². The van der Waals surface area contributed by atoms with Crippen LogP contribution in [-0.2, 0) is 11.3 Å². The van der Waals surface area contributed by atoms with E-state index in [1.54, 1.807) is 12.1 Å². The zero-order valence-electron chi connectivity index (χ0n) is 12.9. The second-order valence-electron chi connectivity index (χ2n) is 4.75. The second kappa shape index (κ2) is 8.96. The molecule has 122 valence electrons. The molecule has 1 aromatic heterocycles. The van der Waals surface area contributed by atoms with Gasteiger partial charge in [-0.05, 0) is 23.6 Å². The molecule has 0 saturated heterocycles. The summed E-state index contributed by atoms with van der Waals surface area (Å²) in [5.41, 5.74) is 1.24. The lowest BCUT2D eigenvalue weighted by Gasteiger charge is -2.05. The van der Waals surface area contributed by atoms with Gasteiger partial charge in [0.2, 0.25) is 0 Å². The summed E-state index contributed by atoms with van der Waals surface area (Å²) in [6, 6.07) is 14.0. The largest absolute Gasteiger partial charge is 0.477 e. The minimum absolute atomic E-state index is 0.0515. The van der Waals surface area contributed by atoms with Crippen molar-refractivity contribution in [3.63, 3.8) is 0 Å². The van der Waals surface area contributed by atoms with Crippen molar-refractivity contribution in [1.82, 2.24) is 10.3 Å². The first-order valence-electron chi connectivity index (χ1n) is 7.29. The molecule has 6 nitrogen and oxygen atoms in total. The third kappa shape index (κ3) is 5.81. The first kappa shape index (κ1) is 17.0. The van der Waals surface area contributed by atoms with E-state index < -0.39 is 12.1 Å². The number of carboxylic acid groups (broad SMARTS) is 1. The molecular weight excluding hydrogens is 308 g/mol. The highest BCUT2D eigenvalue weighted by Crippen LogP contribution is 2.00. The maximum Gasteiger partial charge on any atom is 0.407 e. The first-order chi connectivity index (χ1) is 11.6. The highest BCUT2D eigenvalue weighted by Gasteiger charge is 2.03. The number of carbonyl (C=O) groups is 2. The topological polar surface area (TPSA) is 88.5 Å². The molecule has 2 aromatic rings. The van der Waals surface area contributed by atoms with Crippen LogP contribution in [0.1, 0.15) is 28.2 Å². The van der Waals surface area contributed by atoms with Crippen LogP contribution in [0, 0.1) is 11.8 Å². The van der Waals surface area contributed by atoms with E-state index in [0.29, 0.717) is 18.7 Å². The number of pyridine rings is 1. The number of hydrogen-bond donors (Lipinski definition) is 2. The minimum atomic E-state index is -1.10. The molecule has 0 spiro atoms. The average molecular weight is 324 g/mol. The minimum Gasteiger partial charge on any atom is -0.477 e. The van der Waals surface area contributed by atoms with Crippen LogP contribution in [0.2, 0.25) is 0 Å². The molecule has 2 N–H and O–H groups in total. The van der Waals surface area contributed by atoms with E-state index in [1.807, 2.05) is 30.3 Å². The van der Waals surface area contributed by atoms with Gasteiger partial charge in [0.05, 0.1) is 0 Å². The number of aromatic nitrogens is 1. The zero-order valence-corrected chi connectivity index (χ0v) is 12.9. The maximum atomic E-state index is 11.5. The summed E-state index contributed by atoms with van der Waals surface area (Å²) in [5.74, 6) is 4.48. The average Bonchev–Trinajstić information content (AvgIpc) is 2.61. The van der Waals surface area contributed by atoms with Gasteiger partial charge in [-0.25, -0.2) is 14.6 Å². The summed E-state index contributed by atoms with van der Waals surface area (Å²) in [5, 5.41) is 11.4. The number of aromatic carboxylic acids is 1. The number of carboxylic acids is 1. The molecule has 0 aliphatic carbocycles. The molecule has 1 aromatic carbocycles. The predicted molar refractivity (Wildman–Crippen MR) is 87.3 cm³/mol. The van der Waals surface area contributed by atoms with Crippen molar-refractivity contribution in [3.8, 4) is 11.8 Å². The van der Waals surface area contributed by atoms with Gasteiger partial charge in [-0.15, -0.1) is 0 Å². The molecule has 1 amide bonds. The molecule has 1 heterocycles. The van der Waals surface area contributed by atoms with Crippen molar-refractivity contribution >= 4 is 12.1 Å². The van der Waals surface area contributed by atoms with Crippen molar-refractivity contribution in [3.05, 3.63) is 65.5 Å². The van der Waals surface area contributed by atoms with Crippen LogP contribution >= 0.6 is 0 Å². The fraction of sp³-hybridized carbons (Fsp3) is 0.167. The molecule has 0 aliphatic rings. The van der Waals surface area contributed by atoms with E-state index in [1.165, 1.54) is 6.07 Å². The first-order valence-corrected chi connectivity index (χ1v) is 7.29. The van der Waals surface area contributed by atoms with Crippen molar-refractivity contribution in [2.24, 2.45) is 0 Å². The van der Waals surface area contributed by atoms with Gasteiger partial charge in [0.25, 0.3) is 0 Å². The lowest BCUT2D eigenvalue weighted by Crippen LogP contribution is -2.24. The predicted octanol–water partition coefficient (Wildman–Crippen LogP) is 2.45. The fourth-order valence-corrected chi connectivity index (χ4v) is 1.78. The highest BCUT2D eigenvalue weighted by atomic mass is 16.5. The van der Waals surface area contributed by atoms with E-state index in [2.05, 4.69) is 22.1 Å². The molecule has 0 bridgehead atoms. The molecule has 0 fully saturated rings. The number of alkyl carbamates (subject to hydrolysis) is 1. The summed E-state index contributed by atoms with van der Waals surface area (Å²) >= 11 is 0. The zero-order chi connectivity index (χ0) is 17.2. The lowest BCUT2D eigenvalue weighted by molar-refractivity contribution is 0.0690. The van der Waals surface area contributed by atoms with Gasteiger partial charge < -0.3 is 15.2 Å². The van der Waals surface area contributed by atoms with Gasteiger partial charge in [-0.3, -0.25) is 0 Å². The third-order valence-corrected chi connectivity index (χ3v) is 2.92. The van der Waals surface area contributed by atoms with E-state index >= 15 is 0 Å². The number of benzene rings is 1. The normalized spacial score (nSPS) is 9.50. The van der Waals surface area contributed by atoms with Crippen LogP contribution in [0.25, 0.3) is 0 Å². The Morgan fingerprint density at radius 3 is 2.67 bits per heavy atom. The number of carbonyl (C=O) groups excluding carboxylic acids is 1. The Morgan fingerprint density at radius 2 is 1.92 bits per heavy atom. The smallest absolute Gasteiger partial charge is 0.407 e. The number of ether oxygens (including phenoxy) is 1. The fourth-order valence-electron chi connectivity index (χ4n) is 1.78. The summed E-state index contributed by atoms with van der Waals surface area (Å²) < 4.78 is 5.06. The van der Waals surface area contributed by atoms with Gasteiger partial charge in [0.1, 0.15) is 18.0 Å². The summed E-state index contributed by atoms with van der Waals surface area (Å²) in [6.07, 6.45) is -0.106. The molecule has 0 radical (unpaired) electrons. The Bertz CT molecular complexity index is 763. The molecule has 0 unspecified atom stereocenters. The van der Waals surface area contributed by atoms with Crippen molar-refractivity contribution < 1.29 is 19.4 Å². The summed E-state index contributed by atoms with van der Waals surface area (Å²) in [7, 11) is 0. The van der Waals surface area contributed by atoms with Crippen molar-refractivity contribution in [2.45, 2.75) is 13.0 Å². The number of rotatable bonds is 5. The SMILES string of the molecule is O=C(NCCC#Cc1cccc(C(=O)O)n1)OCc1ccccc1. The Labute approximate surface area is 139 Å². The van der Waals surface area contributed by atoms with Crippen LogP contribution in [-0.4, -0.2) is 28.7 Å². The summed E-state index contributed by atoms with van der Waals surface area (Å²) in [6.45, 7) is 0.545. The third-order valence-electron chi connectivity index (χ3n) is 2.92. The molecular formula is C18H16N2O4. The Kier molecular flexibility index (Phi) is 6.35. The highest BCUT2D eigenvalue weighted by molar-refractivity contribution is 5.85. The van der Waals surface area contributed by atoms with Crippen molar-refractivity contribution in [2.75, 3.05) is 6.54 Å². The van der Waals surface area contributed by atoms with E-state index in [9.17, 15) is 9.59 Å². The molecule has 0 saturated carbocycles. The van der Waals surface area contributed by atoms with Gasteiger partial charge >= 0.3 is 12.1 Å². The maximum absolute atomic E-state index is 11.5. The monoisotopic (exact) mass is 324 g/mol. The van der Waals surface area contributed by atoms with E-state index in [-0.39, 0.29) is 12.3 Å². The Morgan fingerprint density at radius 1 is 1.12 bits per heavy atom. The quantitative estimate of drug-likeness (QED) is 0.651. The van der Waals surface area contributed by atoms with Gasteiger partial charge in [-0.1, -0.05) is 42.3 Å². The van der Waals surface area contributed by atoms with Crippen LogP contribution in [0.15, 0.2) is 48.5 Å². The van der Waals surface area contributed by atoms with Crippen LogP contribution in [0.5, 0.6) is 0 Å². The number of hydrogen-bond acceptors (Lipinski definition) is 4. The number of nitrogens with zero attached hydrogens (tertiary/aromatic N) is 1. The molecule has 2 rings (SSSR count). The number of amides is 1. The van der Waals surface area contributed by atoms with Crippen LogP contribution < -0.4 is 5.32 Å². The molecule has 6 heteroatoms. The standard InChI is InChI=1S/C18H16N2O4/c21-17(22)16-11-6-10-15(20-16)9-4-5-12-19-18(23)24-13-14-7-2-1-3-8-14/h1-3,6-8,10-11H,5,12-13H2,(H,19,23)(H,21,22). The van der Waals surface area contributed by atoms with Gasteiger partial charge in [0.15, 0.2) is 0 Å². The second-order valence-corrected chi connectivity index (χ2v) is 4.75. The van der Waals surface area contributed by atoms with E-state index in [4.69, 9.17) is 9.84 Å². The lowest BCUT2D eigenvalue weighted by atomic mass is 10.2. The molecule has 0 atom stereocenters. The molecule has 0 aliphatic heterocycles. The van der Waals surface area contributed by atoms with Crippen LogP contribution in [0.3, 0.4) is 0 Å². The number of nitrogens with one attached hydrogen (secondary N) is 1. The van der Waals surface area contributed by atoms with Crippen molar-refractivity contribution in [1.29, 1.82) is 0 Å². The Balaban J connectivity index is 1.70. The van der Waals surface area contributed by atoms with Gasteiger partial charge in [0, 0.05) is 13.0 Å².